The maximum absolute atomic E-state index is 13.2. The van der Waals surface area contributed by atoms with Gasteiger partial charge < -0.3 is 10.1 Å². The Balaban J connectivity index is 1.84. The Kier molecular flexibility index (Phi) is 8.93. The normalized spacial score (nSPS) is 11.6. The van der Waals surface area contributed by atoms with Crippen molar-refractivity contribution in [3.05, 3.63) is 85.5 Å². The Morgan fingerprint density at radius 2 is 1.81 bits per heavy atom. The topological polar surface area (TPSA) is 111 Å². The fourth-order valence-corrected chi connectivity index (χ4v) is 4.43. The summed E-state index contributed by atoms with van der Waals surface area (Å²) in [7, 11) is 1.35. The van der Waals surface area contributed by atoms with E-state index in [0.717, 1.165) is 23.1 Å². The van der Waals surface area contributed by atoms with Gasteiger partial charge in [0, 0.05) is 16.0 Å². The van der Waals surface area contributed by atoms with Crippen molar-refractivity contribution in [2.24, 2.45) is 5.92 Å². The second-order valence-corrected chi connectivity index (χ2v) is 9.30. The first-order chi connectivity index (χ1) is 17.2. The van der Waals surface area contributed by atoms with E-state index in [4.69, 9.17) is 4.74 Å². The zero-order valence-electron chi connectivity index (χ0n) is 20.6. The summed E-state index contributed by atoms with van der Waals surface area (Å²) >= 11 is 3.33. The first-order valence-corrected chi connectivity index (χ1v) is 12.4. The molecule has 0 spiro atoms. The number of nitrogens with zero attached hydrogens (tertiary/aromatic N) is 2. The van der Waals surface area contributed by atoms with Gasteiger partial charge in [0.25, 0.3) is 0 Å². The predicted molar refractivity (Wildman–Crippen MR) is 142 cm³/mol. The fraction of sp³-hybridized carbons (Fsp3) is 0.296. The van der Waals surface area contributed by atoms with Crippen LogP contribution in [-0.4, -0.2) is 28.9 Å². The van der Waals surface area contributed by atoms with Crippen LogP contribution in [0, 0.1) is 29.9 Å². The smallest absolute Gasteiger partial charge is 0.338 e. The third-order valence-corrected chi connectivity index (χ3v) is 7.19. The van der Waals surface area contributed by atoms with Gasteiger partial charge in [-0.05, 0) is 65.4 Å². The number of amides is 1. The van der Waals surface area contributed by atoms with E-state index in [2.05, 4.69) is 26.2 Å². The van der Waals surface area contributed by atoms with Crippen molar-refractivity contribution in [2.45, 2.75) is 40.0 Å². The number of ether oxygens (including phenoxy) is 1. The van der Waals surface area contributed by atoms with Gasteiger partial charge >= 0.3 is 11.7 Å². The van der Waals surface area contributed by atoms with Crippen LogP contribution in [-0.2, 0) is 16.0 Å². The van der Waals surface area contributed by atoms with Crippen LogP contribution < -0.4 is 5.32 Å². The highest BCUT2D eigenvalue weighted by Gasteiger charge is 2.27. The van der Waals surface area contributed by atoms with Crippen LogP contribution in [0.15, 0.2) is 53.0 Å². The van der Waals surface area contributed by atoms with Crippen LogP contribution in [0.5, 0.6) is 0 Å². The van der Waals surface area contributed by atoms with E-state index in [1.54, 1.807) is 26.0 Å². The lowest BCUT2D eigenvalue weighted by Crippen LogP contribution is -2.26. The van der Waals surface area contributed by atoms with Crippen molar-refractivity contribution in [1.82, 2.24) is 4.98 Å². The highest BCUT2D eigenvalue weighted by Crippen LogP contribution is 2.34. The largest absolute Gasteiger partial charge is 0.465 e. The summed E-state index contributed by atoms with van der Waals surface area (Å²) in [6, 6.07) is 14.9. The molecule has 36 heavy (non-hydrogen) atoms. The van der Waals surface area contributed by atoms with E-state index in [9.17, 15) is 19.7 Å². The Labute approximate surface area is 218 Å². The second kappa shape index (κ2) is 11.9. The molecule has 8 nitrogen and oxygen atoms in total. The SMILES string of the molecule is CCCC(Cc1ccc(-c2ccccc2C(=O)OC)cc1)C(=O)Nc1nc(C)c(Br)c(C)c1[N+](=O)[O-]. The Morgan fingerprint density at radius 1 is 1.14 bits per heavy atom. The van der Waals surface area contributed by atoms with E-state index >= 15 is 0 Å². The van der Waals surface area contributed by atoms with Crippen molar-refractivity contribution in [3.8, 4) is 11.1 Å². The number of hydrogen-bond donors (Lipinski definition) is 1. The molecule has 0 radical (unpaired) electrons. The molecule has 1 amide bonds. The van der Waals surface area contributed by atoms with E-state index in [1.807, 2.05) is 43.3 Å². The van der Waals surface area contributed by atoms with E-state index in [-0.39, 0.29) is 17.4 Å². The molecular weight excluding hydrogens is 526 g/mol. The number of nitrogens with one attached hydrogen (secondary N) is 1. The van der Waals surface area contributed by atoms with Crippen molar-refractivity contribution >= 4 is 39.3 Å². The molecular formula is C27H28BrN3O5. The quantitative estimate of drug-likeness (QED) is 0.186. The molecule has 0 fully saturated rings. The summed E-state index contributed by atoms with van der Waals surface area (Å²) in [6.45, 7) is 5.33. The van der Waals surface area contributed by atoms with Gasteiger partial charge in [-0.1, -0.05) is 55.8 Å². The number of nitro groups is 1. The van der Waals surface area contributed by atoms with E-state index < -0.39 is 16.8 Å². The molecule has 0 aliphatic heterocycles. The van der Waals surface area contributed by atoms with Crippen molar-refractivity contribution in [1.29, 1.82) is 0 Å². The molecule has 1 atom stereocenters. The van der Waals surface area contributed by atoms with Gasteiger partial charge in [-0.25, -0.2) is 9.78 Å². The molecule has 0 bridgehead atoms. The lowest BCUT2D eigenvalue weighted by Gasteiger charge is -2.17. The molecule has 0 saturated carbocycles. The molecule has 1 N–H and O–H groups in total. The zero-order valence-corrected chi connectivity index (χ0v) is 22.2. The number of pyridine rings is 1. The standard InChI is InChI=1S/C27H28BrN3O5/c1-5-8-20(26(32)30-25-24(31(34)35)16(2)23(28)17(3)29-25)15-18-11-13-19(14-12-18)21-9-6-7-10-22(21)27(33)36-4/h6-7,9-14,20H,5,8,15H2,1-4H3,(H,29,30,32). The van der Waals surface area contributed by atoms with Gasteiger partial charge in [0.2, 0.25) is 11.7 Å². The van der Waals surface area contributed by atoms with Crippen molar-refractivity contribution < 1.29 is 19.2 Å². The number of aryl methyl sites for hydroxylation is 1. The maximum Gasteiger partial charge on any atom is 0.338 e. The summed E-state index contributed by atoms with van der Waals surface area (Å²) in [5, 5.41) is 14.4. The number of methoxy groups -OCH3 is 1. The van der Waals surface area contributed by atoms with Crippen LogP contribution in [0.1, 0.15) is 46.9 Å². The summed E-state index contributed by atoms with van der Waals surface area (Å²) in [6.07, 6.45) is 1.85. The minimum Gasteiger partial charge on any atom is -0.465 e. The van der Waals surface area contributed by atoms with Crippen LogP contribution in [0.25, 0.3) is 11.1 Å². The number of rotatable bonds is 9. The van der Waals surface area contributed by atoms with Gasteiger partial charge in [0.05, 0.1) is 23.3 Å². The Bertz CT molecular complexity index is 1290. The number of hydrogen-bond acceptors (Lipinski definition) is 6. The molecule has 0 aliphatic rings. The molecule has 1 unspecified atom stereocenters. The summed E-state index contributed by atoms with van der Waals surface area (Å²) < 4.78 is 5.44. The lowest BCUT2D eigenvalue weighted by atomic mass is 9.92. The molecule has 0 aliphatic carbocycles. The Hall–Kier alpha value is -3.59. The molecule has 9 heteroatoms. The van der Waals surface area contributed by atoms with Crippen LogP contribution in [0.3, 0.4) is 0 Å². The number of halogens is 1. The van der Waals surface area contributed by atoms with Gasteiger partial charge in [-0.3, -0.25) is 14.9 Å². The second-order valence-electron chi connectivity index (χ2n) is 8.50. The van der Waals surface area contributed by atoms with Crippen LogP contribution >= 0.6 is 15.9 Å². The maximum atomic E-state index is 13.2. The lowest BCUT2D eigenvalue weighted by molar-refractivity contribution is -0.384. The summed E-state index contributed by atoms with van der Waals surface area (Å²) in [5.41, 5.74) is 3.79. The molecule has 2 aromatic carbocycles. The molecule has 1 aromatic heterocycles. The molecule has 188 valence electrons. The molecule has 0 saturated heterocycles. The van der Waals surface area contributed by atoms with E-state index in [0.29, 0.717) is 34.1 Å². The highest BCUT2D eigenvalue weighted by molar-refractivity contribution is 9.10. The molecule has 3 aromatic rings. The van der Waals surface area contributed by atoms with Crippen molar-refractivity contribution in [2.75, 3.05) is 12.4 Å². The number of carbonyl (C=O) groups excluding carboxylic acids is 2. The van der Waals surface area contributed by atoms with Crippen LogP contribution in [0.2, 0.25) is 0 Å². The number of esters is 1. The van der Waals surface area contributed by atoms with Gasteiger partial charge in [-0.2, -0.15) is 0 Å². The average Bonchev–Trinajstić information content (AvgIpc) is 2.86. The van der Waals surface area contributed by atoms with Gasteiger partial charge in [-0.15, -0.1) is 0 Å². The average molecular weight is 554 g/mol. The Morgan fingerprint density at radius 3 is 2.42 bits per heavy atom. The number of benzene rings is 2. The monoisotopic (exact) mass is 553 g/mol. The first-order valence-electron chi connectivity index (χ1n) is 11.6. The number of carbonyl (C=O) groups is 2. The van der Waals surface area contributed by atoms with Gasteiger partial charge in [0.15, 0.2) is 0 Å². The minimum atomic E-state index is -0.526. The third-order valence-electron chi connectivity index (χ3n) is 6.02. The zero-order chi connectivity index (χ0) is 26.4. The van der Waals surface area contributed by atoms with Crippen LogP contribution in [0.4, 0.5) is 11.5 Å². The predicted octanol–water partition coefficient (Wildman–Crippen LogP) is 6.42. The van der Waals surface area contributed by atoms with E-state index in [1.165, 1.54) is 7.11 Å². The molecule has 1 heterocycles. The van der Waals surface area contributed by atoms with Crippen molar-refractivity contribution in [3.63, 3.8) is 0 Å². The minimum absolute atomic E-state index is 0.0425. The molecule has 3 rings (SSSR count). The number of anilines is 1. The third kappa shape index (κ3) is 5.96. The summed E-state index contributed by atoms with van der Waals surface area (Å²) in [4.78, 5) is 40.7. The summed E-state index contributed by atoms with van der Waals surface area (Å²) in [5.74, 6) is -1.16. The van der Waals surface area contributed by atoms with Gasteiger partial charge in [0.1, 0.15) is 0 Å². The first kappa shape index (κ1) is 27.0. The number of aromatic nitrogens is 1. The highest BCUT2D eigenvalue weighted by atomic mass is 79.9. The fourth-order valence-electron chi connectivity index (χ4n) is 4.15.